The second-order valence-electron chi connectivity index (χ2n) is 6.02. The molecule has 1 aromatic carbocycles. The third-order valence-electron chi connectivity index (χ3n) is 3.84. The Balaban J connectivity index is 1.56. The molecule has 0 aliphatic heterocycles. The van der Waals surface area contributed by atoms with E-state index in [2.05, 4.69) is 30.9 Å². The number of carbonyl (C=O) groups excluding carboxylic acids is 1. The molecular weight excluding hydrogens is 356 g/mol. The van der Waals surface area contributed by atoms with E-state index in [0.29, 0.717) is 18.1 Å². The summed E-state index contributed by atoms with van der Waals surface area (Å²) in [5, 5.41) is 8.62. The molecule has 0 atom stereocenters. The van der Waals surface area contributed by atoms with Crippen molar-refractivity contribution in [1.82, 2.24) is 15.0 Å². The zero-order valence-corrected chi connectivity index (χ0v) is 15.8. The van der Waals surface area contributed by atoms with E-state index in [1.807, 2.05) is 31.2 Å². The topological polar surface area (TPSA) is 101 Å². The Kier molecular flexibility index (Phi) is 6.35. The molecule has 0 aliphatic rings. The maximum Gasteiger partial charge on any atom is 0.326 e. The smallest absolute Gasteiger partial charge is 0.326 e. The summed E-state index contributed by atoms with van der Waals surface area (Å²) < 4.78 is 5.10. The van der Waals surface area contributed by atoms with E-state index in [0.717, 1.165) is 23.6 Å². The average molecular weight is 378 g/mol. The van der Waals surface area contributed by atoms with Gasteiger partial charge in [0, 0.05) is 42.3 Å². The van der Waals surface area contributed by atoms with E-state index < -0.39 is 6.03 Å². The number of urea groups is 1. The summed E-state index contributed by atoms with van der Waals surface area (Å²) in [6.45, 7) is 2.52. The first-order valence-corrected chi connectivity index (χ1v) is 8.84. The number of nitrogens with one attached hydrogen (secondary N) is 3. The summed E-state index contributed by atoms with van der Waals surface area (Å²) in [5.74, 6) is 1.59. The molecule has 0 radical (unpaired) electrons. The van der Waals surface area contributed by atoms with Crippen LogP contribution in [-0.4, -0.2) is 34.6 Å². The number of ether oxygens (including phenoxy) is 1. The molecule has 3 N–H and O–H groups in total. The van der Waals surface area contributed by atoms with Crippen molar-refractivity contribution >= 4 is 23.5 Å². The molecule has 2 heterocycles. The van der Waals surface area contributed by atoms with Crippen molar-refractivity contribution in [2.75, 3.05) is 29.6 Å². The number of rotatable bonds is 7. The molecule has 2 aromatic heterocycles. The predicted molar refractivity (Wildman–Crippen MR) is 109 cm³/mol. The maximum atomic E-state index is 12.2. The van der Waals surface area contributed by atoms with Crippen LogP contribution in [0.25, 0.3) is 0 Å². The molecule has 8 nitrogen and oxygen atoms in total. The lowest BCUT2D eigenvalue weighted by molar-refractivity contribution is 0.262. The Labute approximate surface area is 163 Å². The molecule has 3 rings (SSSR count). The van der Waals surface area contributed by atoms with Crippen LogP contribution in [0.15, 0.2) is 54.7 Å². The second-order valence-corrected chi connectivity index (χ2v) is 6.02. The number of methoxy groups -OCH3 is 1. The minimum Gasteiger partial charge on any atom is -0.497 e. The molecule has 0 unspecified atom stereocenters. The summed E-state index contributed by atoms with van der Waals surface area (Å²) in [4.78, 5) is 25.1. The number of hydrogen-bond donors (Lipinski definition) is 3. The fourth-order valence-electron chi connectivity index (χ4n) is 2.52. The number of aryl methyl sites for hydroxylation is 1. The van der Waals surface area contributed by atoms with Crippen LogP contribution in [0.5, 0.6) is 5.75 Å². The Morgan fingerprint density at radius 1 is 1.07 bits per heavy atom. The fourth-order valence-corrected chi connectivity index (χ4v) is 2.52. The lowest BCUT2D eigenvalue weighted by Gasteiger charge is -2.10. The molecule has 0 saturated heterocycles. The molecule has 0 fully saturated rings. The van der Waals surface area contributed by atoms with Gasteiger partial charge in [-0.25, -0.2) is 9.78 Å². The first-order chi connectivity index (χ1) is 13.6. The quantitative estimate of drug-likeness (QED) is 0.582. The predicted octanol–water partition coefficient (Wildman–Crippen LogP) is 3.49. The highest BCUT2D eigenvalue weighted by molar-refractivity contribution is 5.98. The van der Waals surface area contributed by atoms with Gasteiger partial charge in [-0.3, -0.25) is 10.3 Å². The van der Waals surface area contributed by atoms with Crippen LogP contribution in [0.3, 0.4) is 0 Å². The first-order valence-electron chi connectivity index (χ1n) is 8.84. The van der Waals surface area contributed by atoms with Crippen molar-refractivity contribution in [2.24, 2.45) is 0 Å². The maximum absolute atomic E-state index is 12.2. The van der Waals surface area contributed by atoms with Crippen LogP contribution in [0.2, 0.25) is 0 Å². The Morgan fingerprint density at radius 3 is 2.61 bits per heavy atom. The van der Waals surface area contributed by atoms with Gasteiger partial charge in [0.15, 0.2) is 0 Å². The summed E-state index contributed by atoms with van der Waals surface area (Å²) in [7, 11) is 1.59. The molecular formula is C20H22N6O2. The molecule has 2 amide bonds. The van der Waals surface area contributed by atoms with Gasteiger partial charge >= 0.3 is 6.03 Å². The monoisotopic (exact) mass is 378 g/mol. The van der Waals surface area contributed by atoms with Gasteiger partial charge in [-0.2, -0.15) is 4.98 Å². The molecule has 144 valence electrons. The third kappa shape index (κ3) is 5.66. The number of pyridine rings is 1. The largest absolute Gasteiger partial charge is 0.497 e. The van der Waals surface area contributed by atoms with E-state index in [9.17, 15) is 4.79 Å². The Bertz CT molecular complexity index is 916. The van der Waals surface area contributed by atoms with Crippen LogP contribution in [-0.2, 0) is 6.42 Å². The van der Waals surface area contributed by atoms with Gasteiger partial charge in [-0.1, -0.05) is 6.07 Å². The number of aromatic nitrogens is 3. The molecule has 0 aliphatic carbocycles. The summed E-state index contributed by atoms with van der Waals surface area (Å²) >= 11 is 0. The lowest BCUT2D eigenvalue weighted by Crippen LogP contribution is -2.21. The molecule has 28 heavy (non-hydrogen) atoms. The Morgan fingerprint density at radius 2 is 1.89 bits per heavy atom. The zero-order valence-electron chi connectivity index (χ0n) is 15.8. The van der Waals surface area contributed by atoms with Crippen molar-refractivity contribution in [2.45, 2.75) is 13.3 Å². The number of anilines is 3. The second kappa shape index (κ2) is 9.31. The molecule has 0 bridgehead atoms. The molecule has 0 spiro atoms. The fraction of sp³-hybridized carbons (Fsp3) is 0.200. The van der Waals surface area contributed by atoms with Crippen molar-refractivity contribution in [3.8, 4) is 5.75 Å². The highest BCUT2D eigenvalue weighted by Crippen LogP contribution is 2.15. The number of nitrogens with zero attached hydrogens (tertiary/aromatic N) is 3. The van der Waals surface area contributed by atoms with Gasteiger partial charge in [-0.15, -0.1) is 0 Å². The lowest BCUT2D eigenvalue weighted by atomic mass is 10.3. The molecule has 0 saturated carbocycles. The number of benzene rings is 1. The average Bonchev–Trinajstić information content (AvgIpc) is 2.69. The number of amides is 2. The van der Waals surface area contributed by atoms with Crippen LogP contribution in [0.1, 0.15) is 11.4 Å². The SMILES string of the molecule is COc1ccc(NC(=O)Nc2nc(C)cc(NCCc3ccccn3)n2)cc1. The van der Waals surface area contributed by atoms with Gasteiger partial charge < -0.3 is 15.4 Å². The summed E-state index contributed by atoms with van der Waals surface area (Å²) in [6.07, 6.45) is 2.54. The third-order valence-corrected chi connectivity index (χ3v) is 3.84. The van der Waals surface area contributed by atoms with Crippen molar-refractivity contribution in [1.29, 1.82) is 0 Å². The van der Waals surface area contributed by atoms with Gasteiger partial charge in [0.1, 0.15) is 11.6 Å². The van der Waals surface area contributed by atoms with E-state index in [-0.39, 0.29) is 5.95 Å². The highest BCUT2D eigenvalue weighted by atomic mass is 16.5. The summed E-state index contributed by atoms with van der Waals surface area (Å²) in [5.41, 5.74) is 2.38. The van der Waals surface area contributed by atoms with E-state index >= 15 is 0 Å². The van der Waals surface area contributed by atoms with Crippen molar-refractivity contribution < 1.29 is 9.53 Å². The number of carbonyl (C=O) groups is 1. The van der Waals surface area contributed by atoms with Gasteiger partial charge in [0.2, 0.25) is 5.95 Å². The zero-order chi connectivity index (χ0) is 19.8. The van der Waals surface area contributed by atoms with E-state index in [4.69, 9.17) is 4.74 Å². The minimum atomic E-state index is -0.421. The van der Waals surface area contributed by atoms with Crippen molar-refractivity contribution in [3.63, 3.8) is 0 Å². The van der Waals surface area contributed by atoms with Crippen molar-refractivity contribution in [3.05, 3.63) is 66.1 Å². The molecule has 3 aromatic rings. The van der Waals surface area contributed by atoms with Crippen LogP contribution in [0.4, 0.5) is 22.2 Å². The first kappa shape index (κ1) is 19.1. The van der Waals surface area contributed by atoms with E-state index in [1.165, 1.54) is 0 Å². The standard InChI is InChI=1S/C20H22N6O2/c1-14-13-18(22-12-10-15-5-3-4-11-21-15)25-19(23-14)26-20(27)24-16-6-8-17(28-2)9-7-16/h3-9,11,13H,10,12H2,1-2H3,(H3,22,23,24,25,26,27). The van der Waals surface area contributed by atoms with Crippen LogP contribution >= 0.6 is 0 Å². The van der Waals surface area contributed by atoms with Crippen LogP contribution in [0, 0.1) is 6.92 Å². The normalized spacial score (nSPS) is 10.2. The highest BCUT2D eigenvalue weighted by Gasteiger charge is 2.07. The van der Waals surface area contributed by atoms with Gasteiger partial charge in [0.25, 0.3) is 0 Å². The minimum absolute atomic E-state index is 0.228. The van der Waals surface area contributed by atoms with Gasteiger partial charge in [0.05, 0.1) is 7.11 Å². The Hall–Kier alpha value is -3.68. The summed E-state index contributed by atoms with van der Waals surface area (Å²) in [6, 6.07) is 14.3. The van der Waals surface area contributed by atoms with E-state index in [1.54, 1.807) is 37.6 Å². The van der Waals surface area contributed by atoms with Crippen LogP contribution < -0.4 is 20.7 Å². The van der Waals surface area contributed by atoms with Gasteiger partial charge in [-0.05, 0) is 43.3 Å². The molecule has 8 heteroatoms. The number of hydrogen-bond acceptors (Lipinski definition) is 6.